The van der Waals surface area contributed by atoms with Gasteiger partial charge in [-0.3, -0.25) is 9.36 Å². The molecule has 1 aromatic carbocycles. The third kappa shape index (κ3) is 1.89. The average molecular weight is 231 g/mol. The number of rotatable bonds is 2. The standard InChI is InChI=1S/C13H13NO3/c1-8-6-12(16)14(13(8)17)11-5-3-4-10(7-11)9(2)15/h3-7,16-17H,1-2H3. The molecule has 0 amide bonds. The number of hydrogen-bond donors (Lipinski definition) is 2. The number of hydrogen-bond acceptors (Lipinski definition) is 3. The number of benzene rings is 1. The normalized spacial score (nSPS) is 10.5. The van der Waals surface area contributed by atoms with Gasteiger partial charge in [0.05, 0.1) is 5.69 Å². The minimum absolute atomic E-state index is 0.0248. The van der Waals surface area contributed by atoms with Crippen LogP contribution in [0.2, 0.25) is 0 Å². The summed E-state index contributed by atoms with van der Waals surface area (Å²) in [5, 5.41) is 19.5. The second-order valence-corrected chi connectivity index (χ2v) is 3.95. The van der Waals surface area contributed by atoms with Gasteiger partial charge in [0.2, 0.25) is 5.88 Å². The van der Waals surface area contributed by atoms with Crippen molar-refractivity contribution in [3.8, 4) is 17.4 Å². The summed E-state index contributed by atoms with van der Waals surface area (Å²) in [6, 6.07) is 8.21. The minimum Gasteiger partial charge on any atom is -0.494 e. The van der Waals surface area contributed by atoms with Crippen LogP contribution in [0.3, 0.4) is 0 Å². The number of ketones is 1. The molecule has 2 N–H and O–H groups in total. The molecule has 0 saturated carbocycles. The van der Waals surface area contributed by atoms with Gasteiger partial charge >= 0.3 is 0 Å². The van der Waals surface area contributed by atoms with Crippen LogP contribution in [0.1, 0.15) is 22.8 Å². The van der Waals surface area contributed by atoms with Crippen LogP contribution in [0.25, 0.3) is 5.69 Å². The van der Waals surface area contributed by atoms with E-state index in [-0.39, 0.29) is 17.5 Å². The van der Waals surface area contributed by atoms with Crippen LogP contribution in [0.5, 0.6) is 11.8 Å². The number of nitrogens with zero attached hydrogens (tertiary/aromatic N) is 1. The molecule has 2 aromatic rings. The zero-order chi connectivity index (χ0) is 12.6. The largest absolute Gasteiger partial charge is 0.494 e. The number of aromatic nitrogens is 1. The van der Waals surface area contributed by atoms with E-state index in [4.69, 9.17) is 0 Å². The van der Waals surface area contributed by atoms with Gasteiger partial charge in [0.25, 0.3) is 0 Å². The minimum atomic E-state index is -0.0605. The summed E-state index contributed by atoms with van der Waals surface area (Å²) in [4.78, 5) is 11.3. The Balaban J connectivity index is 2.60. The Morgan fingerprint density at radius 3 is 2.47 bits per heavy atom. The molecular formula is C13H13NO3. The maximum Gasteiger partial charge on any atom is 0.201 e. The molecule has 0 aliphatic heterocycles. The Labute approximate surface area is 98.8 Å². The number of carbonyl (C=O) groups is 1. The second kappa shape index (κ2) is 3.97. The van der Waals surface area contributed by atoms with Gasteiger partial charge in [-0.15, -0.1) is 0 Å². The fourth-order valence-electron chi connectivity index (χ4n) is 1.73. The molecule has 0 unspecified atom stereocenters. The highest BCUT2D eigenvalue weighted by molar-refractivity contribution is 5.94. The lowest BCUT2D eigenvalue weighted by Crippen LogP contribution is -1.97. The van der Waals surface area contributed by atoms with Crippen molar-refractivity contribution in [3.05, 3.63) is 41.5 Å². The third-order valence-electron chi connectivity index (χ3n) is 2.65. The molecule has 4 heteroatoms. The van der Waals surface area contributed by atoms with Crippen molar-refractivity contribution in [2.24, 2.45) is 0 Å². The number of aryl methyl sites for hydroxylation is 1. The van der Waals surface area contributed by atoms with Gasteiger partial charge in [-0.2, -0.15) is 0 Å². The highest BCUT2D eigenvalue weighted by atomic mass is 16.3. The fraction of sp³-hybridized carbons (Fsp3) is 0.154. The highest BCUT2D eigenvalue weighted by Gasteiger charge is 2.13. The Bertz CT molecular complexity index is 584. The molecule has 0 aliphatic rings. The number of aromatic hydroxyl groups is 2. The maximum absolute atomic E-state index is 11.3. The average Bonchev–Trinajstić information content (AvgIpc) is 2.53. The Morgan fingerprint density at radius 2 is 1.94 bits per heavy atom. The summed E-state index contributed by atoms with van der Waals surface area (Å²) in [5.41, 5.74) is 1.67. The highest BCUT2D eigenvalue weighted by Crippen LogP contribution is 2.30. The van der Waals surface area contributed by atoms with Crippen LogP contribution in [0.4, 0.5) is 0 Å². The predicted octanol–water partition coefficient (Wildman–Crippen LogP) is 2.40. The monoisotopic (exact) mass is 231 g/mol. The van der Waals surface area contributed by atoms with Crippen molar-refractivity contribution in [3.63, 3.8) is 0 Å². The molecule has 1 heterocycles. The fourth-order valence-corrected chi connectivity index (χ4v) is 1.73. The Hall–Kier alpha value is -2.23. The van der Waals surface area contributed by atoms with E-state index in [1.54, 1.807) is 31.2 Å². The van der Waals surface area contributed by atoms with Crippen molar-refractivity contribution in [1.82, 2.24) is 4.57 Å². The van der Waals surface area contributed by atoms with E-state index in [1.807, 2.05) is 0 Å². The first kappa shape index (κ1) is 11.3. The molecule has 0 atom stereocenters. The number of carbonyl (C=O) groups excluding carboxylic acids is 1. The third-order valence-corrected chi connectivity index (χ3v) is 2.65. The van der Waals surface area contributed by atoms with E-state index in [9.17, 15) is 15.0 Å². The van der Waals surface area contributed by atoms with Gasteiger partial charge in [-0.1, -0.05) is 12.1 Å². The molecule has 1 aromatic heterocycles. The van der Waals surface area contributed by atoms with E-state index in [1.165, 1.54) is 17.6 Å². The van der Waals surface area contributed by atoms with Crippen LogP contribution in [0, 0.1) is 6.92 Å². The van der Waals surface area contributed by atoms with Crippen molar-refractivity contribution in [1.29, 1.82) is 0 Å². The Kier molecular flexibility index (Phi) is 2.63. The topological polar surface area (TPSA) is 62.5 Å². The molecule has 0 spiro atoms. The molecule has 0 radical (unpaired) electrons. The first-order chi connectivity index (χ1) is 8.00. The molecule has 2 rings (SSSR count). The van der Waals surface area contributed by atoms with E-state index >= 15 is 0 Å². The molecule has 88 valence electrons. The van der Waals surface area contributed by atoms with E-state index in [0.29, 0.717) is 16.8 Å². The van der Waals surface area contributed by atoms with Gasteiger partial charge in [0.15, 0.2) is 11.7 Å². The first-order valence-electron chi connectivity index (χ1n) is 5.22. The Morgan fingerprint density at radius 1 is 1.24 bits per heavy atom. The van der Waals surface area contributed by atoms with Crippen molar-refractivity contribution in [2.45, 2.75) is 13.8 Å². The molecule has 17 heavy (non-hydrogen) atoms. The van der Waals surface area contributed by atoms with Crippen molar-refractivity contribution < 1.29 is 15.0 Å². The summed E-state index contributed by atoms with van der Waals surface area (Å²) >= 11 is 0. The van der Waals surface area contributed by atoms with Crippen LogP contribution in [0.15, 0.2) is 30.3 Å². The SMILES string of the molecule is CC(=O)c1cccc(-n2c(O)cc(C)c2O)c1. The van der Waals surface area contributed by atoms with Crippen LogP contribution in [-0.2, 0) is 0 Å². The summed E-state index contributed by atoms with van der Waals surface area (Å²) in [6.45, 7) is 3.17. The van der Waals surface area contributed by atoms with Crippen molar-refractivity contribution in [2.75, 3.05) is 0 Å². The first-order valence-corrected chi connectivity index (χ1v) is 5.22. The van der Waals surface area contributed by atoms with Crippen LogP contribution >= 0.6 is 0 Å². The van der Waals surface area contributed by atoms with Crippen LogP contribution in [-0.4, -0.2) is 20.6 Å². The summed E-state index contributed by atoms with van der Waals surface area (Å²) in [6.07, 6.45) is 0. The van der Waals surface area contributed by atoms with Gasteiger partial charge in [-0.25, -0.2) is 0 Å². The lowest BCUT2D eigenvalue weighted by atomic mass is 10.1. The molecule has 4 nitrogen and oxygen atoms in total. The van der Waals surface area contributed by atoms with Crippen LogP contribution < -0.4 is 0 Å². The van der Waals surface area contributed by atoms with Gasteiger partial charge in [0, 0.05) is 17.2 Å². The van der Waals surface area contributed by atoms with E-state index in [0.717, 1.165) is 0 Å². The summed E-state index contributed by atoms with van der Waals surface area (Å²) in [7, 11) is 0. The molecular weight excluding hydrogens is 218 g/mol. The predicted molar refractivity (Wildman–Crippen MR) is 63.8 cm³/mol. The van der Waals surface area contributed by atoms with Crippen molar-refractivity contribution >= 4 is 5.78 Å². The number of Topliss-reactive ketones (excluding diaryl/α,β-unsaturated/α-hetero) is 1. The second-order valence-electron chi connectivity index (χ2n) is 3.95. The smallest absolute Gasteiger partial charge is 0.201 e. The molecule has 0 fully saturated rings. The molecule has 0 bridgehead atoms. The van der Waals surface area contributed by atoms with Gasteiger partial charge in [0.1, 0.15) is 0 Å². The zero-order valence-corrected chi connectivity index (χ0v) is 9.64. The summed E-state index contributed by atoms with van der Waals surface area (Å²) < 4.78 is 1.29. The molecule has 0 saturated heterocycles. The van der Waals surface area contributed by atoms with E-state index in [2.05, 4.69) is 0 Å². The molecule has 0 aliphatic carbocycles. The van der Waals surface area contributed by atoms with Gasteiger partial charge < -0.3 is 10.2 Å². The lowest BCUT2D eigenvalue weighted by molar-refractivity contribution is 0.101. The summed E-state index contributed by atoms with van der Waals surface area (Å²) in [5.74, 6) is -0.140. The van der Waals surface area contributed by atoms with E-state index < -0.39 is 0 Å². The lowest BCUT2D eigenvalue weighted by Gasteiger charge is -2.08. The zero-order valence-electron chi connectivity index (χ0n) is 9.64. The maximum atomic E-state index is 11.3. The quantitative estimate of drug-likeness (QED) is 0.780. The van der Waals surface area contributed by atoms with Gasteiger partial charge in [-0.05, 0) is 26.0 Å².